The van der Waals surface area contributed by atoms with Gasteiger partial charge in [-0.3, -0.25) is 20.4 Å². The van der Waals surface area contributed by atoms with Crippen molar-refractivity contribution in [2.24, 2.45) is 0 Å². The summed E-state index contributed by atoms with van der Waals surface area (Å²) in [5.41, 5.74) is 5.54. The van der Waals surface area contributed by atoms with Crippen molar-refractivity contribution in [2.75, 3.05) is 20.3 Å². The van der Waals surface area contributed by atoms with Crippen molar-refractivity contribution in [1.82, 2.24) is 10.9 Å². The van der Waals surface area contributed by atoms with Crippen molar-refractivity contribution in [1.29, 1.82) is 0 Å². The van der Waals surface area contributed by atoms with Gasteiger partial charge in [0.05, 0.1) is 18.2 Å². The predicted molar refractivity (Wildman–Crippen MR) is 104 cm³/mol. The largest absolute Gasteiger partial charge is 0.496 e. The summed E-state index contributed by atoms with van der Waals surface area (Å²) in [5, 5.41) is 0.334. The first-order valence-electron chi connectivity index (χ1n) is 8.50. The molecule has 29 heavy (non-hydrogen) atoms. The third kappa shape index (κ3) is 5.05. The van der Waals surface area contributed by atoms with Crippen LogP contribution in [-0.4, -0.2) is 38.1 Å². The lowest BCUT2D eigenvalue weighted by atomic mass is 10.1. The molecule has 3 rings (SSSR count). The molecular weight excluding hydrogens is 400 g/mol. The minimum absolute atomic E-state index is 0.0444. The van der Waals surface area contributed by atoms with Gasteiger partial charge in [0.2, 0.25) is 0 Å². The molecule has 1 heterocycles. The topological polar surface area (TPSA) is 103 Å². The van der Waals surface area contributed by atoms with Crippen LogP contribution in [0.4, 0.5) is 0 Å². The fourth-order valence-corrected chi connectivity index (χ4v) is 2.72. The highest BCUT2D eigenvalue weighted by Crippen LogP contribution is 2.26. The molecule has 2 aromatic rings. The highest BCUT2D eigenvalue weighted by molar-refractivity contribution is 6.31. The van der Waals surface area contributed by atoms with Gasteiger partial charge in [-0.1, -0.05) is 29.8 Å². The van der Waals surface area contributed by atoms with Crippen molar-refractivity contribution in [3.8, 4) is 11.5 Å². The van der Waals surface area contributed by atoms with Crippen LogP contribution in [0, 0.1) is 0 Å². The molecule has 0 saturated heterocycles. The molecule has 0 fully saturated rings. The number of rotatable bonds is 5. The SMILES string of the molecule is COc1ccc(Cl)cc1C(=O)NNC(=O)COC(=O)C1=Cc2ccccc2OC1. The number of nitrogens with one attached hydrogen (secondary N) is 2. The van der Waals surface area contributed by atoms with Crippen LogP contribution in [0.2, 0.25) is 5.02 Å². The van der Waals surface area contributed by atoms with Crippen molar-refractivity contribution < 1.29 is 28.6 Å². The summed E-state index contributed by atoms with van der Waals surface area (Å²) in [5.74, 6) is -1.08. The van der Waals surface area contributed by atoms with Crippen LogP contribution >= 0.6 is 11.6 Å². The maximum Gasteiger partial charge on any atom is 0.338 e. The summed E-state index contributed by atoms with van der Waals surface area (Å²) >= 11 is 5.87. The van der Waals surface area contributed by atoms with Gasteiger partial charge in [-0.2, -0.15) is 0 Å². The van der Waals surface area contributed by atoms with Crippen LogP contribution in [0.15, 0.2) is 48.0 Å². The molecule has 150 valence electrons. The van der Waals surface area contributed by atoms with E-state index in [2.05, 4.69) is 10.9 Å². The number of hydrazine groups is 1. The lowest BCUT2D eigenvalue weighted by molar-refractivity contribution is -0.145. The van der Waals surface area contributed by atoms with Crippen LogP contribution in [0.3, 0.4) is 0 Å². The van der Waals surface area contributed by atoms with E-state index in [9.17, 15) is 14.4 Å². The molecule has 0 bridgehead atoms. The number of ether oxygens (including phenoxy) is 3. The second-order valence-electron chi connectivity index (χ2n) is 5.92. The Morgan fingerprint density at radius 2 is 1.93 bits per heavy atom. The maximum absolute atomic E-state index is 12.2. The van der Waals surface area contributed by atoms with Crippen LogP contribution in [-0.2, 0) is 14.3 Å². The van der Waals surface area contributed by atoms with E-state index in [1.807, 2.05) is 12.1 Å². The fraction of sp³-hybridized carbons (Fsp3) is 0.150. The molecule has 1 aliphatic heterocycles. The van der Waals surface area contributed by atoms with Crippen molar-refractivity contribution in [3.05, 3.63) is 64.2 Å². The minimum atomic E-state index is -0.717. The van der Waals surface area contributed by atoms with E-state index in [1.54, 1.807) is 24.3 Å². The van der Waals surface area contributed by atoms with Gasteiger partial charge in [-0.05, 0) is 30.3 Å². The number of hydrogen-bond acceptors (Lipinski definition) is 6. The highest BCUT2D eigenvalue weighted by Gasteiger charge is 2.19. The molecule has 0 saturated carbocycles. The van der Waals surface area contributed by atoms with Gasteiger partial charge in [0, 0.05) is 10.6 Å². The molecule has 0 unspecified atom stereocenters. The van der Waals surface area contributed by atoms with Gasteiger partial charge in [0.15, 0.2) is 6.61 Å². The second-order valence-corrected chi connectivity index (χ2v) is 6.36. The number of halogens is 1. The number of esters is 1. The van der Waals surface area contributed by atoms with Gasteiger partial charge in [-0.15, -0.1) is 0 Å². The molecule has 2 amide bonds. The molecular formula is C20H17ClN2O6. The Kier molecular flexibility index (Phi) is 6.36. The monoisotopic (exact) mass is 416 g/mol. The van der Waals surface area contributed by atoms with Crippen LogP contribution in [0.5, 0.6) is 11.5 Å². The quantitative estimate of drug-likeness (QED) is 0.571. The van der Waals surface area contributed by atoms with Crippen molar-refractivity contribution in [2.45, 2.75) is 0 Å². The summed E-state index contributed by atoms with van der Waals surface area (Å²) in [6.07, 6.45) is 1.65. The minimum Gasteiger partial charge on any atom is -0.496 e. The average Bonchev–Trinajstić information content (AvgIpc) is 2.75. The van der Waals surface area contributed by atoms with Gasteiger partial charge in [0.25, 0.3) is 11.8 Å². The first kappa shape index (κ1) is 20.2. The summed E-state index contributed by atoms with van der Waals surface area (Å²) in [4.78, 5) is 36.2. The third-order valence-electron chi connectivity index (χ3n) is 3.95. The van der Waals surface area contributed by atoms with Crippen molar-refractivity contribution in [3.63, 3.8) is 0 Å². The molecule has 9 heteroatoms. The van der Waals surface area contributed by atoms with E-state index >= 15 is 0 Å². The van der Waals surface area contributed by atoms with E-state index in [0.29, 0.717) is 10.8 Å². The highest BCUT2D eigenvalue weighted by atomic mass is 35.5. The Hall–Kier alpha value is -3.52. The molecule has 0 spiro atoms. The van der Waals surface area contributed by atoms with Gasteiger partial charge in [-0.25, -0.2) is 4.79 Å². The van der Waals surface area contributed by atoms with E-state index in [4.69, 9.17) is 25.8 Å². The molecule has 2 aromatic carbocycles. The Balaban J connectivity index is 1.50. The number of amides is 2. The zero-order chi connectivity index (χ0) is 20.8. The first-order valence-corrected chi connectivity index (χ1v) is 8.88. The number of hydrogen-bond donors (Lipinski definition) is 2. The van der Waals surface area contributed by atoms with E-state index in [1.165, 1.54) is 19.2 Å². The van der Waals surface area contributed by atoms with E-state index < -0.39 is 24.4 Å². The van der Waals surface area contributed by atoms with Crippen molar-refractivity contribution >= 4 is 35.5 Å². The fourth-order valence-electron chi connectivity index (χ4n) is 2.55. The average molecular weight is 417 g/mol. The normalized spacial score (nSPS) is 12.0. The zero-order valence-corrected chi connectivity index (χ0v) is 16.1. The van der Waals surface area contributed by atoms with E-state index in [0.717, 1.165) is 5.56 Å². The number of benzene rings is 2. The number of fused-ring (bicyclic) bond motifs is 1. The predicted octanol–water partition coefficient (Wildman–Crippen LogP) is 2.13. The molecule has 0 atom stereocenters. The summed E-state index contributed by atoms with van der Waals surface area (Å²) in [7, 11) is 1.40. The number of carbonyl (C=O) groups excluding carboxylic acids is 3. The smallest absolute Gasteiger partial charge is 0.338 e. The second kappa shape index (κ2) is 9.11. The summed E-state index contributed by atoms with van der Waals surface area (Å²) in [6.45, 7) is -0.534. The summed E-state index contributed by atoms with van der Waals surface area (Å²) < 4.78 is 15.5. The van der Waals surface area contributed by atoms with Gasteiger partial charge in [0.1, 0.15) is 18.1 Å². The van der Waals surface area contributed by atoms with Gasteiger partial charge >= 0.3 is 5.97 Å². The lowest BCUT2D eigenvalue weighted by Gasteiger charge is -2.17. The lowest BCUT2D eigenvalue weighted by Crippen LogP contribution is -2.43. The molecule has 0 aliphatic carbocycles. The molecule has 0 radical (unpaired) electrons. The molecule has 8 nitrogen and oxygen atoms in total. The Bertz CT molecular complexity index is 989. The van der Waals surface area contributed by atoms with Crippen LogP contribution in [0.1, 0.15) is 15.9 Å². The van der Waals surface area contributed by atoms with E-state index in [-0.39, 0.29) is 23.5 Å². The standard InChI is InChI=1S/C20H17ClN2O6/c1-27-17-7-6-14(21)9-15(17)19(25)23-22-18(24)11-29-20(26)13-8-12-4-2-3-5-16(12)28-10-13/h2-9H,10-11H2,1H3,(H,22,24)(H,23,25). The Morgan fingerprint density at radius 1 is 1.14 bits per heavy atom. The number of methoxy groups -OCH3 is 1. The molecule has 0 aromatic heterocycles. The van der Waals surface area contributed by atoms with Crippen LogP contribution < -0.4 is 20.3 Å². The van der Waals surface area contributed by atoms with Gasteiger partial charge < -0.3 is 14.2 Å². The third-order valence-corrected chi connectivity index (χ3v) is 4.19. The number of carbonyl (C=O) groups is 3. The number of para-hydroxylation sites is 1. The molecule has 2 N–H and O–H groups in total. The zero-order valence-electron chi connectivity index (χ0n) is 15.4. The molecule has 1 aliphatic rings. The van der Waals surface area contributed by atoms with Crippen LogP contribution in [0.25, 0.3) is 6.08 Å². The summed E-state index contributed by atoms with van der Waals surface area (Å²) in [6, 6.07) is 11.7. The maximum atomic E-state index is 12.2. The Morgan fingerprint density at radius 3 is 2.72 bits per heavy atom. The first-order chi connectivity index (χ1) is 14.0. The Labute approximate surface area is 171 Å².